The molecule has 0 aromatic heterocycles. The van der Waals surface area contributed by atoms with Gasteiger partial charge in [0.1, 0.15) is 5.75 Å². The molecular weight excluding hydrogens is 252 g/mol. The molecule has 1 aliphatic heterocycles. The Balaban J connectivity index is 1.79. The lowest BCUT2D eigenvalue weighted by Crippen LogP contribution is -2.71. The standard InChI is InChI=1S/C16H24N2O2/c1-12(2)16(17)10-18(11-16)15(19)9-6-13-4-7-14(20-3)8-5-13/h4-5,7-8,12H,6,9-11,17H2,1-3H3. The summed E-state index contributed by atoms with van der Waals surface area (Å²) in [6, 6.07) is 7.85. The van der Waals surface area contributed by atoms with E-state index in [0.717, 1.165) is 17.7 Å². The Labute approximate surface area is 120 Å². The van der Waals surface area contributed by atoms with Crippen molar-refractivity contribution in [3.8, 4) is 5.75 Å². The highest BCUT2D eigenvalue weighted by Gasteiger charge is 2.43. The number of nitrogens with zero attached hydrogens (tertiary/aromatic N) is 1. The first kappa shape index (κ1) is 14.9. The lowest BCUT2D eigenvalue weighted by Gasteiger charge is -2.50. The average molecular weight is 276 g/mol. The molecule has 0 unspecified atom stereocenters. The van der Waals surface area contributed by atoms with E-state index in [4.69, 9.17) is 10.5 Å². The summed E-state index contributed by atoms with van der Waals surface area (Å²) in [5.41, 5.74) is 7.18. The Morgan fingerprint density at radius 3 is 2.45 bits per heavy atom. The third-order valence-corrected chi connectivity index (χ3v) is 4.26. The number of hydrogen-bond donors (Lipinski definition) is 1. The lowest BCUT2D eigenvalue weighted by atomic mass is 9.80. The third-order valence-electron chi connectivity index (χ3n) is 4.26. The first-order valence-electron chi connectivity index (χ1n) is 7.14. The number of nitrogens with two attached hydrogens (primary N) is 1. The maximum absolute atomic E-state index is 12.1. The van der Waals surface area contributed by atoms with Crippen molar-refractivity contribution in [1.29, 1.82) is 0 Å². The number of amides is 1. The second-order valence-corrected chi connectivity index (χ2v) is 5.99. The second kappa shape index (κ2) is 5.83. The van der Waals surface area contributed by atoms with E-state index in [1.807, 2.05) is 29.2 Å². The van der Waals surface area contributed by atoms with E-state index >= 15 is 0 Å². The molecule has 1 aromatic carbocycles. The monoisotopic (exact) mass is 276 g/mol. The summed E-state index contributed by atoms with van der Waals surface area (Å²) >= 11 is 0. The van der Waals surface area contributed by atoms with Crippen LogP contribution in [0.3, 0.4) is 0 Å². The SMILES string of the molecule is COc1ccc(CCC(=O)N2CC(N)(C(C)C)C2)cc1. The van der Waals surface area contributed by atoms with Gasteiger partial charge in [-0.05, 0) is 30.0 Å². The summed E-state index contributed by atoms with van der Waals surface area (Å²) in [6.07, 6.45) is 1.30. The largest absolute Gasteiger partial charge is 0.497 e. The molecule has 0 saturated carbocycles. The van der Waals surface area contributed by atoms with Crippen molar-refractivity contribution < 1.29 is 9.53 Å². The van der Waals surface area contributed by atoms with Crippen molar-refractivity contribution in [3.05, 3.63) is 29.8 Å². The van der Waals surface area contributed by atoms with E-state index in [-0.39, 0.29) is 11.4 Å². The lowest BCUT2D eigenvalue weighted by molar-refractivity contribution is -0.140. The first-order chi connectivity index (χ1) is 9.44. The van der Waals surface area contributed by atoms with Crippen LogP contribution in [0.15, 0.2) is 24.3 Å². The molecule has 0 bridgehead atoms. The van der Waals surface area contributed by atoms with E-state index in [0.29, 0.717) is 25.4 Å². The molecule has 1 aliphatic rings. The van der Waals surface area contributed by atoms with E-state index in [1.165, 1.54) is 0 Å². The molecule has 1 heterocycles. The molecular formula is C16H24N2O2. The van der Waals surface area contributed by atoms with Crippen LogP contribution < -0.4 is 10.5 Å². The highest BCUT2D eigenvalue weighted by molar-refractivity contribution is 5.77. The number of ether oxygens (including phenoxy) is 1. The summed E-state index contributed by atoms with van der Waals surface area (Å²) in [5, 5.41) is 0. The second-order valence-electron chi connectivity index (χ2n) is 5.99. The van der Waals surface area contributed by atoms with Gasteiger partial charge in [-0.15, -0.1) is 0 Å². The Kier molecular flexibility index (Phi) is 4.33. The van der Waals surface area contributed by atoms with Gasteiger partial charge in [0, 0.05) is 19.5 Å². The Hall–Kier alpha value is -1.55. The number of hydrogen-bond acceptors (Lipinski definition) is 3. The van der Waals surface area contributed by atoms with Gasteiger partial charge >= 0.3 is 0 Å². The van der Waals surface area contributed by atoms with Crippen molar-refractivity contribution in [2.24, 2.45) is 11.7 Å². The summed E-state index contributed by atoms with van der Waals surface area (Å²) in [7, 11) is 1.65. The number of aryl methyl sites for hydroxylation is 1. The first-order valence-corrected chi connectivity index (χ1v) is 7.14. The maximum Gasteiger partial charge on any atom is 0.223 e. The smallest absolute Gasteiger partial charge is 0.223 e. The molecule has 2 N–H and O–H groups in total. The average Bonchev–Trinajstić information content (AvgIpc) is 2.41. The molecule has 4 heteroatoms. The van der Waals surface area contributed by atoms with Crippen LogP contribution in [0.1, 0.15) is 25.8 Å². The summed E-state index contributed by atoms with van der Waals surface area (Å²) in [5.74, 6) is 1.45. The molecule has 0 spiro atoms. The molecule has 0 aliphatic carbocycles. The van der Waals surface area contributed by atoms with Crippen LogP contribution in [0.4, 0.5) is 0 Å². The number of rotatable bonds is 5. The van der Waals surface area contributed by atoms with Crippen LogP contribution in [0, 0.1) is 5.92 Å². The molecule has 1 aromatic rings. The molecule has 2 rings (SSSR count). The van der Waals surface area contributed by atoms with E-state index in [2.05, 4.69) is 13.8 Å². The van der Waals surface area contributed by atoms with Gasteiger partial charge in [-0.3, -0.25) is 4.79 Å². The van der Waals surface area contributed by atoms with Crippen molar-refractivity contribution in [1.82, 2.24) is 4.90 Å². The minimum absolute atomic E-state index is 0.185. The predicted molar refractivity (Wildman–Crippen MR) is 79.7 cm³/mol. The van der Waals surface area contributed by atoms with Crippen molar-refractivity contribution >= 4 is 5.91 Å². The normalized spacial score (nSPS) is 16.9. The number of benzene rings is 1. The molecule has 1 amide bonds. The molecule has 4 nitrogen and oxygen atoms in total. The summed E-state index contributed by atoms with van der Waals surface area (Å²) in [6.45, 7) is 5.59. The number of carbonyl (C=O) groups is 1. The number of methoxy groups -OCH3 is 1. The van der Waals surface area contributed by atoms with E-state index in [9.17, 15) is 4.79 Å². The summed E-state index contributed by atoms with van der Waals surface area (Å²) in [4.78, 5) is 13.9. The maximum atomic E-state index is 12.1. The molecule has 110 valence electrons. The summed E-state index contributed by atoms with van der Waals surface area (Å²) < 4.78 is 5.12. The fraction of sp³-hybridized carbons (Fsp3) is 0.562. The van der Waals surface area contributed by atoms with Crippen LogP contribution in [0.25, 0.3) is 0 Å². The minimum atomic E-state index is -0.185. The van der Waals surface area contributed by atoms with Gasteiger partial charge in [0.15, 0.2) is 0 Å². The van der Waals surface area contributed by atoms with Crippen LogP contribution in [-0.4, -0.2) is 36.5 Å². The van der Waals surface area contributed by atoms with Crippen molar-refractivity contribution in [2.45, 2.75) is 32.2 Å². The highest BCUT2D eigenvalue weighted by atomic mass is 16.5. The molecule has 0 radical (unpaired) electrons. The van der Waals surface area contributed by atoms with Gasteiger partial charge in [0.25, 0.3) is 0 Å². The Morgan fingerprint density at radius 1 is 1.35 bits per heavy atom. The zero-order valence-electron chi connectivity index (χ0n) is 12.6. The van der Waals surface area contributed by atoms with Gasteiger partial charge in [-0.1, -0.05) is 26.0 Å². The number of carbonyl (C=O) groups excluding carboxylic acids is 1. The topological polar surface area (TPSA) is 55.6 Å². The van der Waals surface area contributed by atoms with Crippen LogP contribution in [0.5, 0.6) is 5.75 Å². The fourth-order valence-electron chi connectivity index (χ4n) is 2.41. The van der Waals surface area contributed by atoms with Crippen LogP contribution in [-0.2, 0) is 11.2 Å². The third kappa shape index (κ3) is 3.12. The zero-order valence-corrected chi connectivity index (χ0v) is 12.6. The van der Waals surface area contributed by atoms with Gasteiger partial charge < -0.3 is 15.4 Å². The van der Waals surface area contributed by atoms with Crippen LogP contribution >= 0.6 is 0 Å². The predicted octanol–water partition coefficient (Wildman–Crippen LogP) is 1.82. The number of likely N-dealkylation sites (tertiary alicyclic amines) is 1. The molecule has 1 saturated heterocycles. The van der Waals surface area contributed by atoms with Gasteiger partial charge in [-0.2, -0.15) is 0 Å². The highest BCUT2D eigenvalue weighted by Crippen LogP contribution is 2.26. The molecule has 1 fully saturated rings. The van der Waals surface area contributed by atoms with E-state index in [1.54, 1.807) is 7.11 Å². The molecule has 20 heavy (non-hydrogen) atoms. The molecule has 0 atom stereocenters. The van der Waals surface area contributed by atoms with E-state index < -0.39 is 0 Å². The Bertz CT molecular complexity index is 462. The minimum Gasteiger partial charge on any atom is -0.497 e. The fourth-order valence-corrected chi connectivity index (χ4v) is 2.41. The van der Waals surface area contributed by atoms with Crippen molar-refractivity contribution in [3.63, 3.8) is 0 Å². The zero-order chi connectivity index (χ0) is 14.8. The van der Waals surface area contributed by atoms with Gasteiger partial charge in [0.05, 0.1) is 12.6 Å². The van der Waals surface area contributed by atoms with Gasteiger partial charge in [0.2, 0.25) is 5.91 Å². The van der Waals surface area contributed by atoms with Gasteiger partial charge in [-0.25, -0.2) is 0 Å². The Morgan fingerprint density at radius 2 is 1.95 bits per heavy atom. The quantitative estimate of drug-likeness (QED) is 0.892. The van der Waals surface area contributed by atoms with Crippen LogP contribution in [0.2, 0.25) is 0 Å². The van der Waals surface area contributed by atoms with Crippen molar-refractivity contribution in [2.75, 3.05) is 20.2 Å².